The lowest BCUT2D eigenvalue weighted by molar-refractivity contribution is -0.132. The molecule has 1 aliphatic heterocycles. The zero-order valence-corrected chi connectivity index (χ0v) is 17.9. The van der Waals surface area contributed by atoms with Gasteiger partial charge in [-0.3, -0.25) is 4.79 Å². The highest BCUT2D eigenvalue weighted by atomic mass is 27.3. The van der Waals surface area contributed by atoms with Crippen LogP contribution in [0.15, 0.2) is 66.8 Å². The molecule has 0 radical (unpaired) electrons. The number of phenols is 1. The second kappa shape index (κ2) is 10.2. The van der Waals surface area contributed by atoms with E-state index in [4.69, 9.17) is 20.8 Å². The first-order valence-electron chi connectivity index (χ1n) is 9.36. The van der Waals surface area contributed by atoms with Crippen LogP contribution in [0.25, 0.3) is 0 Å². The molecular formula is C22H23AlO7. The zero-order valence-electron chi connectivity index (χ0n) is 16.8. The van der Waals surface area contributed by atoms with Crippen molar-refractivity contribution in [2.24, 2.45) is 0 Å². The number of aromatic hydroxyl groups is 1. The fourth-order valence-corrected chi connectivity index (χ4v) is 3.78. The summed E-state index contributed by atoms with van der Waals surface area (Å²) in [6.45, 7) is 10.2. The van der Waals surface area contributed by atoms with Crippen molar-refractivity contribution < 1.29 is 30.7 Å². The second-order valence-electron chi connectivity index (χ2n) is 6.92. The maximum absolute atomic E-state index is 11.3. The highest BCUT2D eigenvalue weighted by Crippen LogP contribution is 2.31. The number of ether oxygens (including phenoxy) is 2. The minimum Gasteiger partial charge on any atom is -0.586 e. The van der Waals surface area contributed by atoms with Gasteiger partial charge in [-0.1, -0.05) is 31.4 Å². The quantitative estimate of drug-likeness (QED) is 0.460. The molecule has 0 atom stereocenters. The Kier molecular flexibility index (Phi) is 7.42. The van der Waals surface area contributed by atoms with E-state index in [1.54, 1.807) is 36.4 Å². The van der Waals surface area contributed by atoms with E-state index in [1.165, 1.54) is 0 Å². The number of benzene rings is 2. The van der Waals surface area contributed by atoms with Crippen molar-refractivity contribution in [3.63, 3.8) is 0 Å². The SMILES string of the molecule is C=C(C)COc1ccc(CC(=C)COc2ccccc2O)cc1[O][Al]1[O]CC(=O)[O]1. The van der Waals surface area contributed by atoms with Crippen LogP contribution in [0.2, 0.25) is 0 Å². The molecule has 2 aromatic carbocycles. The number of rotatable bonds is 10. The van der Waals surface area contributed by atoms with Crippen LogP contribution < -0.4 is 13.3 Å². The van der Waals surface area contributed by atoms with Crippen LogP contribution in [0, 0.1) is 0 Å². The lowest BCUT2D eigenvalue weighted by Gasteiger charge is -2.16. The molecule has 156 valence electrons. The van der Waals surface area contributed by atoms with Gasteiger partial charge in [-0.2, -0.15) is 0 Å². The van der Waals surface area contributed by atoms with Gasteiger partial charge >= 0.3 is 15.1 Å². The molecule has 1 saturated heterocycles. The van der Waals surface area contributed by atoms with Crippen molar-refractivity contribution in [2.75, 3.05) is 19.8 Å². The van der Waals surface area contributed by atoms with Gasteiger partial charge in [0, 0.05) is 0 Å². The summed E-state index contributed by atoms with van der Waals surface area (Å²) in [6, 6.07) is 12.3. The number of hydrogen-bond acceptors (Lipinski definition) is 7. The fraction of sp³-hybridized carbons (Fsp3) is 0.227. The third-order valence-electron chi connectivity index (χ3n) is 4.02. The minimum atomic E-state index is -2.59. The van der Waals surface area contributed by atoms with Gasteiger partial charge in [-0.05, 0) is 54.3 Å². The Morgan fingerprint density at radius 2 is 1.87 bits per heavy atom. The van der Waals surface area contributed by atoms with E-state index in [1.807, 2.05) is 13.0 Å². The van der Waals surface area contributed by atoms with Crippen LogP contribution in [0.5, 0.6) is 23.0 Å². The van der Waals surface area contributed by atoms with Crippen molar-refractivity contribution in [3.8, 4) is 23.0 Å². The molecule has 0 amide bonds. The van der Waals surface area contributed by atoms with Gasteiger partial charge in [-0.15, -0.1) is 0 Å². The summed E-state index contributed by atoms with van der Waals surface area (Å²) in [5.41, 5.74) is 2.58. The topological polar surface area (TPSA) is 83.5 Å². The van der Waals surface area contributed by atoms with Crippen LogP contribution in [0.4, 0.5) is 0 Å². The highest BCUT2D eigenvalue weighted by molar-refractivity contribution is 6.42. The van der Waals surface area contributed by atoms with E-state index in [0.29, 0.717) is 30.3 Å². The van der Waals surface area contributed by atoms with E-state index in [0.717, 1.165) is 16.7 Å². The van der Waals surface area contributed by atoms with Crippen molar-refractivity contribution in [1.82, 2.24) is 0 Å². The molecular weight excluding hydrogens is 403 g/mol. The Balaban J connectivity index is 1.66. The molecule has 1 heterocycles. The third kappa shape index (κ3) is 6.29. The number of carbonyl (C=O) groups is 1. The summed E-state index contributed by atoms with van der Waals surface area (Å²) in [5.74, 6) is 1.00. The summed E-state index contributed by atoms with van der Waals surface area (Å²) in [5, 5.41) is 9.79. The van der Waals surface area contributed by atoms with E-state index < -0.39 is 21.1 Å². The molecule has 7 nitrogen and oxygen atoms in total. The fourth-order valence-electron chi connectivity index (χ4n) is 2.65. The molecule has 0 aliphatic carbocycles. The minimum absolute atomic E-state index is 0.0797. The van der Waals surface area contributed by atoms with Gasteiger partial charge in [0.05, 0.1) is 0 Å². The molecule has 0 bridgehead atoms. The van der Waals surface area contributed by atoms with Crippen molar-refractivity contribution in [2.45, 2.75) is 13.3 Å². The molecule has 1 N–H and O–H groups in total. The van der Waals surface area contributed by atoms with Crippen LogP contribution >= 0.6 is 0 Å². The van der Waals surface area contributed by atoms with Crippen molar-refractivity contribution in [3.05, 3.63) is 72.3 Å². The molecule has 8 heteroatoms. The van der Waals surface area contributed by atoms with E-state index in [2.05, 4.69) is 13.2 Å². The molecule has 0 spiro atoms. The first-order chi connectivity index (χ1) is 14.4. The smallest absolute Gasteiger partial charge is 0.586 e. The normalized spacial score (nSPS) is 13.0. The maximum atomic E-state index is 11.3. The predicted molar refractivity (Wildman–Crippen MR) is 112 cm³/mol. The van der Waals surface area contributed by atoms with E-state index in [-0.39, 0.29) is 19.0 Å². The largest absolute Gasteiger partial charge is 1.10 e. The van der Waals surface area contributed by atoms with Crippen LogP contribution in [0.1, 0.15) is 12.5 Å². The lowest BCUT2D eigenvalue weighted by Crippen LogP contribution is -2.24. The summed E-state index contributed by atoms with van der Waals surface area (Å²) < 4.78 is 27.5. The van der Waals surface area contributed by atoms with Crippen molar-refractivity contribution in [1.29, 1.82) is 0 Å². The van der Waals surface area contributed by atoms with Crippen LogP contribution in [-0.2, 0) is 18.8 Å². The highest BCUT2D eigenvalue weighted by Gasteiger charge is 2.47. The summed E-state index contributed by atoms with van der Waals surface area (Å²) in [7, 11) is 0. The average molecular weight is 426 g/mol. The van der Waals surface area contributed by atoms with Crippen LogP contribution in [-0.4, -0.2) is 46.0 Å². The third-order valence-corrected chi connectivity index (χ3v) is 5.36. The Labute approximate surface area is 180 Å². The van der Waals surface area contributed by atoms with Gasteiger partial charge < -0.3 is 25.9 Å². The van der Waals surface area contributed by atoms with Gasteiger partial charge in [0.1, 0.15) is 25.6 Å². The Morgan fingerprint density at radius 3 is 2.57 bits per heavy atom. The molecule has 1 fully saturated rings. The Hall–Kier alpha value is -2.92. The van der Waals surface area contributed by atoms with Crippen LogP contribution in [0.3, 0.4) is 0 Å². The molecule has 2 aromatic rings. The number of para-hydroxylation sites is 2. The molecule has 30 heavy (non-hydrogen) atoms. The van der Waals surface area contributed by atoms with Gasteiger partial charge in [0.25, 0.3) is 5.97 Å². The average Bonchev–Trinajstić information content (AvgIpc) is 3.11. The molecule has 0 unspecified atom stereocenters. The van der Waals surface area contributed by atoms with Gasteiger partial charge in [0.15, 0.2) is 17.2 Å². The standard InChI is InChI=1S/C20H22O4.C2H3O3.Al/c1-14(2)12-23-20-9-8-16(11-18(20)22)10-15(3)13-24-19-7-5-4-6-17(19)21;3-1-2(4)5;/h4-9,11,21-22H,1,3,10,12-13H2,2H3;1H2,(H,4,5);/q;-1;+3/p-2. The Bertz CT molecular complexity index is 941. The number of carbonyl (C=O) groups excluding carboxylic acids is 1. The summed E-state index contributed by atoms with van der Waals surface area (Å²) in [6.07, 6.45) is 0.525. The predicted octanol–water partition coefficient (Wildman–Crippen LogP) is 3.46. The summed E-state index contributed by atoms with van der Waals surface area (Å²) >= 11 is -2.59. The first-order valence-corrected chi connectivity index (χ1v) is 10.8. The molecule has 1 aliphatic rings. The number of phenolic OH excluding ortho intramolecular Hbond substituents is 1. The van der Waals surface area contributed by atoms with Gasteiger partial charge in [0.2, 0.25) is 0 Å². The maximum Gasteiger partial charge on any atom is 1.10 e. The number of hydrogen-bond donors (Lipinski definition) is 1. The monoisotopic (exact) mass is 426 g/mol. The first kappa shape index (κ1) is 21.8. The lowest BCUT2D eigenvalue weighted by atomic mass is 10.1. The zero-order chi connectivity index (χ0) is 21.5. The van der Waals surface area contributed by atoms with E-state index in [9.17, 15) is 9.90 Å². The van der Waals surface area contributed by atoms with Crippen molar-refractivity contribution >= 4 is 21.1 Å². The van der Waals surface area contributed by atoms with E-state index >= 15 is 0 Å². The Morgan fingerprint density at radius 1 is 1.10 bits per heavy atom. The summed E-state index contributed by atoms with van der Waals surface area (Å²) in [4.78, 5) is 11.3. The molecule has 3 rings (SSSR count). The molecule has 0 aromatic heterocycles. The molecule has 0 saturated carbocycles. The van der Waals surface area contributed by atoms with Gasteiger partial charge in [-0.25, -0.2) is 0 Å². The second-order valence-corrected chi connectivity index (χ2v) is 8.30.